The summed E-state index contributed by atoms with van der Waals surface area (Å²) in [5.74, 6) is 0. The number of rotatable bonds is 3. The number of nitrogens with one attached hydrogen (secondary N) is 1. The second-order valence-electron chi connectivity index (χ2n) is 3.98. The van der Waals surface area contributed by atoms with E-state index in [1.165, 1.54) is 0 Å². The van der Waals surface area contributed by atoms with Crippen LogP contribution in [0.2, 0.25) is 0 Å². The molecule has 1 aliphatic rings. The van der Waals surface area contributed by atoms with Crippen molar-refractivity contribution < 1.29 is 8.42 Å². The zero-order chi connectivity index (χ0) is 11.8. The molecule has 1 unspecified atom stereocenters. The average molecular weight is 304 g/mol. The fraction of sp³-hybridized carbons (Fsp3) is 0.455. The molecular weight excluding hydrogens is 290 g/mol. The molecule has 1 aromatic carbocycles. The van der Waals surface area contributed by atoms with Crippen molar-refractivity contribution in [3.05, 3.63) is 28.2 Å². The summed E-state index contributed by atoms with van der Waals surface area (Å²) < 4.78 is 25.3. The van der Waals surface area contributed by atoms with Crippen molar-refractivity contribution in [3.63, 3.8) is 0 Å². The minimum Gasteiger partial charge on any atom is -0.320 e. The lowest BCUT2D eigenvalue weighted by atomic mass is 10.1. The Balaban J connectivity index is 2.38. The Morgan fingerprint density at radius 3 is 2.88 bits per heavy atom. The fourth-order valence-corrected chi connectivity index (χ4v) is 4.72. The van der Waals surface area contributed by atoms with Gasteiger partial charge in [0, 0.05) is 4.47 Å². The van der Waals surface area contributed by atoms with Gasteiger partial charge >= 0.3 is 0 Å². The van der Waals surface area contributed by atoms with Crippen LogP contribution in [0.3, 0.4) is 0 Å². The molecular formula is C11H14BrNO2S. The van der Waals surface area contributed by atoms with Crippen LogP contribution in [-0.2, 0) is 16.3 Å². The number of benzene rings is 1. The molecule has 0 saturated heterocycles. The van der Waals surface area contributed by atoms with E-state index in [-0.39, 0.29) is 5.25 Å². The Hall–Kier alpha value is -0.390. The third kappa shape index (κ3) is 1.92. The van der Waals surface area contributed by atoms with E-state index in [2.05, 4.69) is 21.2 Å². The maximum absolute atomic E-state index is 12.2. The highest BCUT2D eigenvalue weighted by Gasteiger charge is 2.37. The largest absolute Gasteiger partial charge is 0.320 e. The number of hydrogen-bond acceptors (Lipinski definition) is 3. The molecule has 16 heavy (non-hydrogen) atoms. The highest BCUT2D eigenvalue weighted by molar-refractivity contribution is 9.10. The molecule has 0 spiro atoms. The predicted octanol–water partition coefficient (Wildman–Crippen LogP) is 1.76. The fourth-order valence-electron chi connectivity index (χ4n) is 2.08. The minimum absolute atomic E-state index is 0.270. The summed E-state index contributed by atoms with van der Waals surface area (Å²) in [6.45, 7) is 0.732. The standard InChI is InChI=1S/C11H14BrNO2S/c1-13-6-5-8-7-9-10(12)3-2-4-11(9)16(8,14)15/h2-4,8,13H,5-7H2,1H3. The summed E-state index contributed by atoms with van der Waals surface area (Å²) >= 11 is 3.41. The molecule has 1 aromatic rings. The second kappa shape index (κ2) is 4.47. The lowest BCUT2D eigenvalue weighted by Gasteiger charge is -2.08. The summed E-state index contributed by atoms with van der Waals surface area (Å²) in [7, 11) is -1.27. The summed E-state index contributed by atoms with van der Waals surface area (Å²) in [6.07, 6.45) is 1.29. The summed E-state index contributed by atoms with van der Waals surface area (Å²) in [4.78, 5) is 0.503. The molecule has 0 fully saturated rings. The van der Waals surface area contributed by atoms with Crippen LogP contribution in [0.15, 0.2) is 27.6 Å². The zero-order valence-electron chi connectivity index (χ0n) is 9.03. The molecule has 0 aliphatic carbocycles. The molecule has 2 rings (SSSR count). The molecule has 0 aromatic heterocycles. The molecule has 1 heterocycles. The maximum Gasteiger partial charge on any atom is 0.181 e. The molecule has 5 heteroatoms. The molecule has 1 aliphatic heterocycles. The van der Waals surface area contributed by atoms with Gasteiger partial charge in [0.15, 0.2) is 9.84 Å². The van der Waals surface area contributed by atoms with Gasteiger partial charge in [-0.15, -0.1) is 0 Å². The van der Waals surface area contributed by atoms with Crippen LogP contribution < -0.4 is 5.32 Å². The topological polar surface area (TPSA) is 46.2 Å². The first-order valence-electron chi connectivity index (χ1n) is 5.23. The van der Waals surface area contributed by atoms with Crippen LogP contribution in [0.5, 0.6) is 0 Å². The Bertz CT molecular complexity index is 499. The second-order valence-corrected chi connectivity index (χ2v) is 7.03. The highest BCUT2D eigenvalue weighted by atomic mass is 79.9. The van der Waals surface area contributed by atoms with Crippen molar-refractivity contribution in [2.75, 3.05) is 13.6 Å². The summed E-state index contributed by atoms with van der Waals surface area (Å²) in [5.41, 5.74) is 0.934. The van der Waals surface area contributed by atoms with Crippen LogP contribution in [0, 0.1) is 0 Å². The third-order valence-electron chi connectivity index (χ3n) is 2.97. The quantitative estimate of drug-likeness (QED) is 0.925. The van der Waals surface area contributed by atoms with Crippen LogP contribution in [0.25, 0.3) is 0 Å². The molecule has 1 N–H and O–H groups in total. The van der Waals surface area contributed by atoms with Crippen molar-refractivity contribution >= 4 is 25.8 Å². The van der Waals surface area contributed by atoms with Gasteiger partial charge in [-0.2, -0.15) is 0 Å². The van der Waals surface area contributed by atoms with E-state index in [0.717, 1.165) is 16.6 Å². The average Bonchev–Trinajstić information content (AvgIpc) is 2.50. The molecule has 0 radical (unpaired) electrons. The minimum atomic E-state index is -3.11. The number of sulfone groups is 1. The Morgan fingerprint density at radius 2 is 2.25 bits per heavy atom. The molecule has 0 bridgehead atoms. The molecule has 0 saturated carbocycles. The van der Waals surface area contributed by atoms with Crippen LogP contribution in [-0.4, -0.2) is 27.3 Å². The van der Waals surface area contributed by atoms with Crippen LogP contribution in [0.1, 0.15) is 12.0 Å². The van der Waals surface area contributed by atoms with Gasteiger partial charge in [-0.1, -0.05) is 22.0 Å². The summed E-state index contributed by atoms with van der Waals surface area (Å²) in [5, 5.41) is 2.73. The van der Waals surface area contributed by atoms with Crippen LogP contribution in [0.4, 0.5) is 0 Å². The predicted molar refractivity (Wildman–Crippen MR) is 67.4 cm³/mol. The van der Waals surface area contributed by atoms with Crippen LogP contribution >= 0.6 is 15.9 Å². The maximum atomic E-state index is 12.2. The van der Waals surface area contributed by atoms with Crippen molar-refractivity contribution in [2.24, 2.45) is 0 Å². The van der Waals surface area contributed by atoms with Gasteiger partial charge in [0.2, 0.25) is 0 Å². The number of hydrogen-bond donors (Lipinski definition) is 1. The third-order valence-corrected chi connectivity index (χ3v) is 5.99. The monoisotopic (exact) mass is 303 g/mol. The normalized spacial score (nSPS) is 22.0. The van der Waals surface area contributed by atoms with Gasteiger partial charge in [0.25, 0.3) is 0 Å². The van der Waals surface area contributed by atoms with Crippen molar-refractivity contribution in [3.8, 4) is 0 Å². The van der Waals surface area contributed by atoms with Gasteiger partial charge in [0.05, 0.1) is 10.1 Å². The lowest BCUT2D eigenvalue weighted by Crippen LogP contribution is -2.22. The van der Waals surface area contributed by atoms with E-state index in [0.29, 0.717) is 17.7 Å². The smallest absolute Gasteiger partial charge is 0.181 e. The molecule has 0 amide bonds. The number of halogens is 1. The van der Waals surface area contributed by atoms with E-state index in [1.807, 2.05) is 13.1 Å². The van der Waals surface area contributed by atoms with E-state index >= 15 is 0 Å². The van der Waals surface area contributed by atoms with Gasteiger partial charge in [-0.25, -0.2) is 8.42 Å². The Kier molecular flexibility index (Phi) is 3.37. The van der Waals surface area contributed by atoms with E-state index in [4.69, 9.17) is 0 Å². The van der Waals surface area contributed by atoms with Crippen molar-refractivity contribution in [1.29, 1.82) is 0 Å². The Labute approximate surface area is 104 Å². The first kappa shape index (κ1) is 12.1. The summed E-state index contributed by atoms with van der Waals surface area (Å²) in [6, 6.07) is 5.38. The number of fused-ring (bicyclic) bond motifs is 1. The van der Waals surface area contributed by atoms with Crippen molar-refractivity contribution in [2.45, 2.75) is 23.0 Å². The molecule has 88 valence electrons. The van der Waals surface area contributed by atoms with Gasteiger partial charge in [0.1, 0.15) is 0 Å². The molecule has 1 atom stereocenters. The van der Waals surface area contributed by atoms with E-state index < -0.39 is 9.84 Å². The lowest BCUT2D eigenvalue weighted by molar-refractivity contribution is 0.575. The highest BCUT2D eigenvalue weighted by Crippen LogP contribution is 2.36. The van der Waals surface area contributed by atoms with Gasteiger partial charge in [-0.05, 0) is 44.1 Å². The SMILES string of the molecule is CNCCC1Cc2c(Br)cccc2S1(=O)=O. The van der Waals surface area contributed by atoms with Crippen molar-refractivity contribution in [1.82, 2.24) is 5.32 Å². The zero-order valence-corrected chi connectivity index (χ0v) is 11.4. The first-order valence-corrected chi connectivity index (χ1v) is 7.57. The Morgan fingerprint density at radius 1 is 1.50 bits per heavy atom. The first-order chi connectivity index (χ1) is 7.57. The molecule has 3 nitrogen and oxygen atoms in total. The van der Waals surface area contributed by atoms with E-state index in [1.54, 1.807) is 12.1 Å². The van der Waals surface area contributed by atoms with E-state index in [9.17, 15) is 8.42 Å². The van der Waals surface area contributed by atoms with Gasteiger partial charge < -0.3 is 5.32 Å². The van der Waals surface area contributed by atoms with Gasteiger partial charge in [-0.3, -0.25) is 0 Å².